The van der Waals surface area contributed by atoms with E-state index in [1.807, 2.05) is 24.2 Å². The lowest BCUT2D eigenvalue weighted by Crippen LogP contribution is -2.39. The Morgan fingerprint density at radius 1 is 1.50 bits per heavy atom. The third kappa shape index (κ3) is 1.65. The van der Waals surface area contributed by atoms with E-state index in [9.17, 15) is 4.79 Å². The van der Waals surface area contributed by atoms with Crippen molar-refractivity contribution in [3.63, 3.8) is 0 Å². The van der Waals surface area contributed by atoms with Gasteiger partial charge in [-0.05, 0) is 24.5 Å². The summed E-state index contributed by atoms with van der Waals surface area (Å²) in [5, 5.41) is 0. The second-order valence-electron chi connectivity index (χ2n) is 4.33. The predicted molar refractivity (Wildman–Crippen MR) is 63.0 cm³/mol. The van der Waals surface area contributed by atoms with Gasteiger partial charge in [0.1, 0.15) is 0 Å². The van der Waals surface area contributed by atoms with E-state index in [2.05, 4.69) is 6.58 Å². The Hall–Kier alpha value is -1.55. The van der Waals surface area contributed by atoms with Crippen molar-refractivity contribution in [1.29, 1.82) is 0 Å². The molecule has 0 spiro atoms. The highest BCUT2D eigenvalue weighted by Gasteiger charge is 2.29. The van der Waals surface area contributed by atoms with E-state index < -0.39 is 6.04 Å². The number of likely N-dealkylation sites (N-methyl/N-ethyl adjacent to an activating group) is 2. The van der Waals surface area contributed by atoms with Crippen molar-refractivity contribution in [1.82, 2.24) is 9.80 Å². The lowest BCUT2D eigenvalue weighted by molar-refractivity contribution is -0.129. The normalized spacial score (nSPS) is 26.1. The molecule has 2 heterocycles. The molecule has 1 fully saturated rings. The van der Waals surface area contributed by atoms with Gasteiger partial charge in [-0.1, -0.05) is 6.58 Å². The van der Waals surface area contributed by atoms with Crippen LogP contribution in [0.15, 0.2) is 35.8 Å². The Morgan fingerprint density at radius 3 is 2.88 bits per heavy atom. The van der Waals surface area contributed by atoms with Gasteiger partial charge in [-0.25, -0.2) is 0 Å². The maximum Gasteiger partial charge on any atom is 0.243 e. The fourth-order valence-corrected chi connectivity index (χ4v) is 2.04. The van der Waals surface area contributed by atoms with Gasteiger partial charge in [-0.3, -0.25) is 4.79 Å². The number of allylic oxidation sites excluding steroid dienone is 2. The van der Waals surface area contributed by atoms with Gasteiger partial charge in [0.05, 0.1) is 11.7 Å². The van der Waals surface area contributed by atoms with Crippen LogP contribution in [0.5, 0.6) is 0 Å². The van der Waals surface area contributed by atoms with Crippen LogP contribution in [0.3, 0.4) is 0 Å². The molecule has 0 aromatic heterocycles. The molecule has 0 aromatic carbocycles. The molecule has 86 valence electrons. The molecular weight excluding hydrogens is 202 g/mol. The van der Waals surface area contributed by atoms with E-state index in [1.165, 1.54) is 0 Å². The van der Waals surface area contributed by atoms with Crippen molar-refractivity contribution >= 4 is 5.91 Å². The van der Waals surface area contributed by atoms with Gasteiger partial charge in [0.2, 0.25) is 5.91 Å². The standard InChI is InChI=1S/C12H17N3O/c1-8-6-11-9(7-14(8)2)4-5-10(13)12(16)15(11)3/h6-7,10H,1,4-5,13H2,2-3H3. The highest BCUT2D eigenvalue weighted by molar-refractivity contribution is 5.84. The average Bonchev–Trinajstić information content (AvgIpc) is 2.35. The zero-order valence-corrected chi connectivity index (χ0v) is 9.73. The number of fused-ring (bicyclic) bond motifs is 1. The molecule has 1 amide bonds. The van der Waals surface area contributed by atoms with E-state index in [-0.39, 0.29) is 5.91 Å². The van der Waals surface area contributed by atoms with Gasteiger partial charge in [0.15, 0.2) is 0 Å². The molecule has 0 saturated carbocycles. The number of likely N-dealkylation sites (tertiary alicyclic amines) is 1. The first-order chi connectivity index (χ1) is 7.50. The SMILES string of the molecule is C=C1C=C2C(=CN1C)CCC(N)C(=O)N2C. The summed E-state index contributed by atoms with van der Waals surface area (Å²) in [7, 11) is 3.72. The van der Waals surface area contributed by atoms with Crippen LogP contribution in [0.1, 0.15) is 12.8 Å². The molecule has 0 aliphatic carbocycles. The quantitative estimate of drug-likeness (QED) is 0.655. The maximum absolute atomic E-state index is 11.9. The summed E-state index contributed by atoms with van der Waals surface area (Å²) in [4.78, 5) is 15.5. The van der Waals surface area contributed by atoms with Crippen LogP contribution in [0.2, 0.25) is 0 Å². The Kier molecular flexibility index (Phi) is 2.59. The van der Waals surface area contributed by atoms with Crippen LogP contribution in [-0.4, -0.2) is 35.8 Å². The molecule has 1 atom stereocenters. The van der Waals surface area contributed by atoms with Gasteiger partial charge in [0, 0.05) is 26.0 Å². The van der Waals surface area contributed by atoms with Crippen molar-refractivity contribution in [2.45, 2.75) is 18.9 Å². The van der Waals surface area contributed by atoms with E-state index in [4.69, 9.17) is 5.73 Å². The summed E-state index contributed by atoms with van der Waals surface area (Å²) >= 11 is 0. The lowest BCUT2D eigenvalue weighted by atomic mass is 10.0. The van der Waals surface area contributed by atoms with E-state index >= 15 is 0 Å². The van der Waals surface area contributed by atoms with Gasteiger partial charge >= 0.3 is 0 Å². The Bertz CT molecular complexity index is 408. The van der Waals surface area contributed by atoms with E-state index in [0.717, 1.165) is 23.4 Å². The first-order valence-corrected chi connectivity index (χ1v) is 5.38. The first kappa shape index (κ1) is 11.0. The van der Waals surface area contributed by atoms with Crippen molar-refractivity contribution in [2.75, 3.05) is 14.1 Å². The smallest absolute Gasteiger partial charge is 0.243 e. The number of nitrogens with two attached hydrogens (primary N) is 1. The first-order valence-electron chi connectivity index (χ1n) is 5.38. The Morgan fingerprint density at radius 2 is 2.19 bits per heavy atom. The number of rotatable bonds is 0. The minimum Gasteiger partial charge on any atom is -0.351 e. The molecular formula is C12H17N3O. The zero-order valence-electron chi connectivity index (χ0n) is 9.73. The molecule has 4 heteroatoms. The largest absolute Gasteiger partial charge is 0.351 e. The van der Waals surface area contributed by atoms with Crippen molar-refractivity contribution in [3.05, 3.63) is 35.8 Å². The van der Waals surface area contributed by atoms with Gasteiger partial charge in [-0.15, -0.1) is 0 Å². The van der Waals surface area contributed by atoms with Crippen molar-refractivity contribution in [3.8, 4) is 0 Å². The third-order valence-corrected chi connectivity index (χ3v) is 3.17. The highest BCUT2D eigenvalue weighted by atomic mass is 16.2. The van der Waals surface area contributed by atoms with Crippen molar-refractivity contribution in [2.24, 2.45) is 5.73 Å². The fraction of sp³-hybridized carbons (Fsp3) is 0.417. The number of hydrogen-bond donors (Lipinski definition) is 1. The molecule has 1 saturated heterocycles. The van der Waals surface area contributed by atoms with Gasteiger partial charge in [0.25, 0.3) is 0 Å². The van der Waals surface area contributed by atoms with Crippen LogP contribution in [-0.2, 0) is 4.79 Å². The van der Waals surface area contributed by atoms with Crippen LogP contribution < -0.4 is 5.73 Å². The Labute approximate surface area is 95.7 Å². The lowest BCUT2D eigenvalue weighted by Gasteiger charge is -2.28. The number of hydrogen-bond acceptors (Lipinski definition) is 3. The molecule has 2 rings (SSSR count). The molecule has 4 nitrogen and oxygen atoms in total. The summed E-state index contributed by atoms with van der Waals surface area (Å²) in [6.45, 7) is 3.93. The van der Waals surface area contributed by atoms with Crippen LogP contribution in [0.25, 0.3) is 0 Å². The summed E-state index contributed by atoms with van der Waals surface area (Å²) in [5.74, 6) is -0.0213. The number of amides is 1. The molecule has 0 aromatic rings. The van der Waals surface area contributed by atoms with E-state index in [1.54, 1.807) is 11.9 Å². The minimum absolute atomic E-state index is 0.0213. The summed E-state index contributed by atoms with van der Waals surface area (Å²) in [5.41, 5.74) is 8.78. The molecule has 2 N–H and O–H groups in total. The van der Waals surface area contributed by atoms with Crippen LogP contribution in [0, 0.1) is 0 Å². The predicted octanol–water partition coefficient (Wildman–Crippen LogP) is 0.793. The molecule has 2 aliphatic heterocycles. The van der Waals surface area contributed by atoms with Gasteiger partial charge < -0.3 is 15.5 Å². The van der Waals surface area contributed by atoms with Gasteiger partial charge in [-0.2, -0.15) is 0 Å². The summed E-state index contributed by atoms with van der Waals surface area (Å²) < 4.78 is 0. The molecule has 1 unspecified atom stereocenters. The highest BCUT2D eigenvalue weighted by Crippen LogP contribution is 2.30. The third-order valence-electron chi connectivity index (χ3n) is 3.17. The van der Waals surface area contributed by atoms with Crippen molar-refractivity contribution < 1.29 is 4.79 Å². The molecule has 2 aliphatic rings. The monoisotopic (exact) mass is 219 g/mol. The zero-order chi connectivity index (χ0) is 11.9. The second kappa shape index (κ2) is 3.79. The topological polar surface area (TPSA) is 49.6 Å². The summed E-state index contributed by atoms with van der Waals surface area (Å²) in [6, 6.07) is -0.393. The number of carbonyl (C=O) groups excluding carboxylic acids is 1. The molecule has 0 bridgehead atoms. The average molecular weight is 219 g/mol. The second-order valence-corrected chi connectivity index (χ2v) is 4.33. The Balaban J connectivity index is 2.41. The van der Waals surface area contributed by atoms with Crippen LogP contribution >= 0.6 is 0 Å². The molecule has 0 radical (unpaired) electrons. The fourth-order valence-electron chi connectivity index (χ4n) is 2.04. The number of nitrogens with zero attached hydrogens (tertiary/aromatic N) is 2. The number of carbonyl (C=O) groups is 1. The summed E-state index contributed by atoms with van der Waals surface area (Å²) in [6.07, 6.45) is 5.50. The maximum atomic E-state index is 11.9. The molecule has 16 heavy (non-hydrogen) atoms. The van der Waals surface area contributed by atoms with E-state index in [0.29, 0.717) is 6.42 Å². The minimum atomic E-state index is -0.393. The van der Waals surface area contributed by atoms with Crippen LogP contribution in [0.4, 0.5) is 0 Å².